The number of nitrogens with one attached hydrogen (secondary N) is 2. The molecular weight excluding hydrogens is 428 g/mol. The van der Waals surface area contributed by atoms with E-state index < -0.39 is 0 Å². The molecule has 0 bridgehead atoms. The number of imidazole rings is 1. The number of amides is 2. The number of nitrogens with zero attached hydrogens (tertiary/aromatic N) is 4. The molecule has 3 heterocycles. The van der Waals surface area contributed by atoms with Crippen LogP contribution in [0, 0.1) is 6.92 Å². The van der Waals surface area contributed by atoms with Crippen molar-refractivity contribution >= 4 is 22.8 Å². The maximum Gasteiger partial charge on any atom is 0.271 e. The van der Waals surface area contributed by atoms with Crippen molar-refractivity contribution in [3.05, 3.63) is 47.5 Å². The molecule has 2 fully saturated rings. The van der Waals surface area contributed by atoms with Crippen LogP contribution in [0.2, 0.25) is 0 Å². The first kappa shape index (κ1) is 22.6. The molecule has 180 valence electrons. The normalized spacial score (nSPS) is 19.1. The molecule has 1 aliphatic carbocycles. The number of likely N-dealkylation sites (tertiary alicyclic amines) is 1. The molecule has 2 aliphatic rings. The Morgan fingerprint density at radius 1 is 1.12 bits per heavy atom. The third-order valence-corrected chi connectivity index (χ3v) is 7.32. The van der Waals surface area contributed by atoms with Gasteiger partial charge >= 0.3 is 0 Å². The summed E-state index contributed by atoms with van der Waals surface area (Å²) in [4.78, 5) is 32.4. The standard InChI is InChI=1S/C26H34N6O2/c1-18-27-20-11-4-5-12-23(20)31(18)16-8-14-25(33)32-15-7-6-13-24(32)21-17-22(30-29-21)26(34)28-19-9-2-3-10-19/h4-5,11-12,17,19,24H,2-3,6-10,13-16H2,1H3,(H,28,34)(H,29,30). The molecule has 2 N–H and O–H groups in total. The number of aromatic nitrogens is 4. The molecule has 1 saturated carbocycles. The van der Waals surface area contributed by atoms with Crippen molar-refractivity contribution in [2.24, 2.45) is 0 Å². The van der Waals surface area contributed by atoms with Gasteiger partial charge in [0.15, 0.2) is 0 Å². The smallest absolute Gasteiger partial charge is 0.271 e. The van der Waals surface area contributed by atoms with E-state index in [1.54, 1.807) is 0 Å². The summed E-state index contributed by atoms with van der Waals surface area (Å²) in [5.74, 6) is 1.02. The number of aryl methyl sites for hydroxylation is 2. The first-order chi connectivity index (χ1) is 16.6. The lowest BCUT2D eigenvalue weighted by Crippen LogP contribution is -2.38. The predicted octanol–water partition coefficient (Wildman–Crippen LogP) is 4.27. The van der Waals surface area contributed by atoms with Gasteiger partial charge in [-0.1, -0.05) is 25.0 Å². The van der Waals surface area contributed by atoms with Crippen LogP contribution in [0.3, 0.4) is 0 Å². The van der Waals surface area contributed by atoms with Crippen LogP contribution in [0.25, 0.3) is 11.0 Å². The summed E-state index contributed by atoms with van der Waals surface area (Å²) in [5.41, 5.74) is 3.39. The third-order valence-electron chi connectivity index (χ3n) is 7.32. The van der Waals surface area contributed by atoms with Gasteiger partial charge in [0.2, 0.25) is 5.91 Å². The number of aromatic amines is 1. The number of hydrogen-bond donors (Lipinski definition) is 2. The van der Waals surface area contributed by atoms with E-state index in [-0.39, 0.29) is 23.9 Å². The molecule has 1 aliphatic heterocycles. The summed E-state index contributed by atoms with van der Waals surface area (Å²) in [6.45, 7) is 3.53. The van der Waals surface area contributed by atoms with Gasteiger partial charge in [0.25, 0.3) is 5.91 Å². The second-order valence-corrected chi connectivity index (χ2v) is 9.67. The lowest BCUT2D eigenvalue weighted by molar-refractivity contribution is -0.135. The number of hydrogen-bond acceptors (Lipinski definition) is 4. The zero-order valence-corrected chi connectivity index (χ0v) is 19.9. The van der Waals surface area contributed by atoms with E-state index in [4.69, 9.17) is 0 Å². The highest BCUT2D eigenvalue weighted by Gasteiger charge is 2.30. The minimum absolute atomic E-state index is 0.0439. The number of carbonyl (C=O) groups is 2. The summed E-state index contributed by atoms with van der Waals surface area (Å²) < 4.78 is 2.19. The highest BCUT2D eigenvalue weighted by atomic mass is 16.2. The molecule has 1 unspecified atom stereocenters. The summed E-state index contributed by atoms with van der Waals surface area (Å²) in [7, 11) is 0. The molecule has 1 atom stereocenters. The minimum Gasteiger partial charge on any atom is -0.348 e. The van der Waals surface area contributed by atoms with Crippen molar-refractivity contribution in [1.29, 1.82) is 0 Å². The van der Waals surface area contributed by atoms with Gasteiger partial charge in [-0.05, 0) is 63.6 Å². The molecular formula is C26H34N6O2. The van der Waals surface area contributed by atoms with E-state index in [0.29, 0.717) is 12.1 Å². The Morgan fingerprint density at radius 2 is 1.91 bits per heavy atom. The van der Waals surface area contributed by atoms with Crippen molar-refractivity contribution in [3.63, 3.8) is 0 Å². The van der Waals surface area contributed by atoms with Crippen LogP contribution in [0.4, 0.5) is 0 Å². The quantitative estimate of drug-likeness (QED) is 0.548. The van der Waals surface area contributed by atoms with Crippen LogP contribution in [0.15, 0.2) is 30.3 Å². The average Bonchev–Trinajstić information content (AvgIpc) is 3.60. The largest absolute Gasteiger partial charge is 0.348 e. The average molecular weight is 463 g/mol. The van der Waals surface area contributed by atoms with Crippen molar-refractivity contribution in [2.45, 2.75) is 83.3 Å². The summed E-state index contributed by atoms with van der Waals surface area (Å²) in [5, 5.41) is 10.4. The van der Waals surface area contributed by atoms with Gasteiger partial charge < -0.3 is 14.8 Å². The molecule has 2 amide bonds. The highest BCUT2D eigenvalue weighted by Crippen LogP contribution is 2.31. The van der Waals surface area contributed by atoms with Crippen LogP contribution < -0.4 is 5.32 Å². The summed E-state index contributed by atoms with van der Waals surface area (Å²) in [6.07, 6.45) is 8.66. The fourth-order valence-corrected chi connectivity index (χ4v) is 5.52. The van der Waals surface area contributed by atoms with Gasteiger partial charge in [0.05, 0.1) is 22.8 Å². The number of H-pyrrole nitrogens is 1. The van der Waals surface area contributed by atoms with Gasteiger partial charge in [0, 0.05) is 25.6 Å². The Balaban J connectivity index is 1.21. The van der Waals surface area contributed by atoms with Gasteiger partial charge in [-0.25, -0.2) is 4.98 Å². The van der Waals surface area contributed by atoms with Crippen molar-refractivity contribution < 1.29 is 9.59 Å². The second kappa shape index (κ2) is 9.99. The van der Waals surface area contributed by atoms with E-state index in [1.165, 1.54) is 12.8 Å². The molecule has 34 heavy (non-hydrogen) atoms. The molecule has 5 rings (SSSR count). The fraction of sp³-hybridized carbons (Fsp3) is 0.538. The van der Waals surface area contributed by atoms with Gasteiger partial charge in [-0.3, -0.25) is 14.7 Å². The second-order valence-electron chi connectivity index (χ2n) is 9.67. The number of fused-ring (bicyclic) bond motifs is 1. The van der Waals surface area contributed by atoms with Crippen molar-refractivity contribution in [2.75, 3.05) is 6.54 Å². The Morgan fingerprint density at radius 3 is 2.76 bits per heavy atom. The lowest BCUT2D eigenvalue weighted by atomic mass is 9.98. The minimum atomic E-state index is -0.119. The van der Waals surface area contributed by atoms with Crippen LogP contribution in [-0.4, -0.2) is 49.0 Å². The van der Waals surface area contributed by atoms with Gasteiger partial charge in [-0.15, -0.1) is 0 Å². The number of para-hydroxylation sites is 2. The Kier molecular flexibility index (Phi) is 6.65. The fourth-order valence-electron chi connectivity index (χ4n) is 5.52. The lowest BCUT2D eigenvalue weighted by Gasteiger charge is -2.35. The van der Waals surface area contributed by atoms with Crippen molar-refractivity contribution in [3.8, 4) is 0 Å². The van der Waals surface area contributed by atoms with E-state index in [1.807, 2.05) is 36.1 Å². The van der Waals surface area contributed by atoms with Crippen LogP contribution in [0.5, 0.6) is 0 Å². The zero-order chi connectivity index (χ0) is 23.5. The molecule has 1 saturated heterocycles. The monoisotopic (exact) mass is 462 g/mol. The first-order valence-electron chi connectivity index (χ1n) is 12.7. The SMILES string of the molecule is Cc1nc2ccccc2n1CCCC(=O)N1CCCCC1c1cc(C(=O)NC2CCCC2)n[nH]1. The maximum atomic E-state index is 13.2. The summed E-state index contributed by atoms with van der Waals surface area (Å²) in [6, 6.07) is 10.2. The molecule has 8 heteroatoms. The Hall–Kier alpha value is -3.16. The predicted molar refractivity (Wildman–Crippen MR) is 130 cm³/mol. The van der Waals surface area contributed by atoms with E-state index in [9.17, 15) is 9.59 Å². The highest BCUT2D eigenvalue weighted by molar-refractivity contribution is 5.92. The van der Waals surface area contributed by atoms with E-state index in [2.05, 4.69) is 31.1 Å². The number of benzene rings is 1. The number of rotatable bonds is 7. The van der Waals surface area contributed by atoms with E-state index >= 15 is 0 Å². The number of piperidine rings is 1. The maximum absolute atomic E-state index is 13.2. The summed E-state index contributed by atoms with van der Waals surface area (Å²) >= 11 is 0. The first-order valence-corrected chi connectivity index (χ1v) is 12.7. The van der Waals surface area contributed by atoms with Crippen molar-refractivity contribution in [1.82, 2.24) is 30.0 Å². The third kappa shape index (κ3) is 4.72. The zero-order valence-electron chi connectivity index (χ0n) is 19.9. The Bertz CT molecular complexity index is 1160. The Labute approximate surface area is 200 Å². The van der Waals surface area contributed by atoms with Gasteiger partial charge in [-0.2, -0.15) is 5.10 Å². The topological polar surface area (TPSA) is 95.9 Å². The van der Waals surface area contributed by atoms with Gasteiger partial charge in [0.1, 0.15) is 11.5 Å². The van der Waals surface area contributed by atoms with Crippen LogP contribution in [-0.2, 0) is 11.3 Å². The molecule has 2 aromatic heterocycles. The van der Waals surface area contributed by atoms with Crippen LogP contribution >= 0.6 is 0 Å². The number of carbonyl (C=O) groups excluding carboxylic acids is 2. The van der Waals surface area contributed by atoms with Crippen LogP contribution in [0.1, 0.15) is 85.8 Å². The molecule has 1 aromatic carbocycles. The molecule has 0 radical (unpaired) electrons. The molecule has 3 aromatic rings. The molecule has 0 spiro atoms. The van der Waals surface area contributed by atoms with E-state index in [0.717, 1.165) is 74.2 Å². The molecule has 8 nitrogen and oxygen atoms in total.